The van der Waals surface area contributed by atoms with Crippen molar-refractivity contribution in [1.82, 2.24) is 10.2 Å². The Balaban J connectivity index is 1.64. The molecule has 0 radical (unpaired) electrons. The van der Waals surface area contributed by atoms with E-state index in [9.17, 15) is 13.2 Å². The number of rotatable bonds is 6. The predicted octanol–water partition coefficient (Wildman–Crippen LogP) is 2.42. The molecule has 2 rings (SSSR count). The van der Waals surface area contributed by atoms with Gasteiger partial charge in [0.25, 0.3) is 0 Å². The van der Waals surface area contributed by atoms with Gasteiger partial charge in [-0.3, -0.25) is 4.90 Å². The third kappa shape index (κ3) is 5.22. The van der Waals surface area contributed by atoms with Crippen molar-refractivity contribution >= 4 is 0 Å². The van der Waals surface area contributed by atoms with Crippen molar-refractivity contribution in [3.63, 3.8) is 0 Å². The van der Waals surface area contributed by atoms with Crippen LogP contribution in [0, 0.1) is 5.92 Å². The minimum atomic E-state index is -4.20. The standard InChI is InChI=1S/C14H25F3N2O/c15-14(16,17)11-20-9-3-8-19-7-2-5-13(19)12-4-1-6-18-10-12/h12-13,18H,1-11H2. The van der Waals surface area contributed by atoms with Crippen LogP contribution in [0.15, 0.2) is 0 Å². The molecule has 2 heterocycles. The molecule has 0 aromatic carbocycles. The minimum Gasteiger partial charge on any atom is -0.372 e. The Morgan fingerprint density at radius 3 is 2.75 bits per heavy atom. The van der Waals surface area contributed by atoms with E-state index in [1.165, 1.54) is 25.7 Å². The van der Waals surface area contributed by atoms with Crippen molar-refractivity contribution in [2.24, 2.45) is 5.92 Å². The maximum Gasteiger partial charge on any atom is 0.411 e. The molecule has 2 fully saturated rings. The Labute approximate surface area is 118 Å². The maximum absolute atomic E-state index is 11.9. The molecule has 118 valence electrons. The van der Waals surface area contributed by atoms with E-state index < -0.39 is 12.8 Å². The van der Waals surface area contributed by atoms with Gasteiger partial charge in [0.2, 0.25) is 0 Å². The highest BCUT2D eigenvalue weighted by Crippen LogP contribution is 2.28. The normalized spacial score (nSPS) is 28.9. The number of nitrogens with one attached hydrogen (secondary N) is 1. The summed E-state index contributed by atoms with van der Waals surface area (Å²) in [6.45, 7) is 3.23. The lowest BCUT2D eigenvalue weighted by Gasteiger charge is -2.34. The highest BCUT2D eigenvalue weighted by Gasteiger charge is 2.32. The van der Waals surface area contributed by atoms with Crippen molar-refractivity contribution in [2.45, 2.75) is 44.3 Å². The molecular formula is C14H25F3N2O. The van der Waals surface area contributed by atoms with Gasteiger partial charge in [-0.1, -0.05) is 0 Å². The van der Waals surface area contributed by atoms with Crippen molar-refractivity contribution < 1.29 is 17.9 Å². The SMILES string of the molecule is FC(F)(F)COCCCN1CCCC1C1CCCNC1. The molecule has 6 heteroatoms. The summed E-state index contributed by atoms with van der Waals surface area (Å²) in [5, 5.41) is 3.45. The first-order valence-electron chi connectivity index (χ1n) is 7.65. The fraction of sp³-hybridized carbons (Fsp3) is 1.00. The second kappa shape index (κ2) is 7.61. The highest BCUT2D eigenvalue weighted by atomic mass is 19.4. The van der Waals surface area contributed by atoms with Gasteiger partial charge >= 0.3 is 6.18 Å². The Morgan fingerprint density at radius 1 is 1.20 bits per heavy atom. The van der Waals surface area contributed by atoms with Crippen LogP contribution in [0.2, 0.25) is 0 Å². The Bertz CT molecular complexity index is 280. The number of hydrogen-bond acceptors (Lipinski definition) is 3. The van der Waals surface area contributed by atoms with E-state index in [0.29, 0.717) is 18.4 Å². The number of likely N-dealkylation sites (tertiary alicyclic amines) is 1. The molecule has 0 spiro atoms. The molecular weight excluding hydrogens is 269 g/mol. The summed E-state index contributed by atoms with van der Waals surface area (Å²) < 4.78 is 40.5. The maximum atomic E-state index is 11.9. The van der Waals surface area contributed by atoms with E-state index >= 15 is 0 Å². The largest absolute Gasteiger partial charge is 0.411 e. The highest BCUT2D eigenvalue weighted by molar-refractivity contribution is 4.87. The van der Waals surface area contributed by atoms with Gasteiger partial charge in [-0.25, -0.2) is 0 Å². The first-order valence-corrected chi connectivity index (χ1v) is 7.65. The van der Waals surface area contributed by atoms with E-state index in [0.717, 1.165) is 26.2 Å². The first kappa shape index (κ1) is 16.0. The van der Waals surface area contributed by atoms with Crippen molar-refractivity contribution in [3.8, 4) is 0 Å². The fourth-order valence-electron chi connectivity index (χ4n) is 3.43. The lowest BCUT2D eigenvalue weighted by molar-refractivity contribution is -0.174. The Hall–Kier alpha value is -0.330. The van der Waals surface area contributed by atoms with Gasteiger partial charge < -0.3 is 10.1 Å². The van der Waals surface area contributed by atoms with E-state index in [1.54, 1.807) is 0 Å². The average Bonchev–Trinajstić information content (AvgIpc) is 2.86. The zero-order chi connectivity index (χ0) is 14.4. The fourth-order valence-corrected chi connectivity index (χ4v) is 3.43. The number of nitrogens with zero attached hydrogens (tertiary/aromatic N) is 1. The summed E-state index contributed by atoms with van der Waals surface area (Å²) >= 11 is 0. The van der Waals surface area contributed by atoms with E-state index in [2.05, 4.69) is 15.0 Å². The van der Waals surface area contributed by atoms with Crippen molar-refractivity contribution in [2.75, 3.05) is 39.4 Å². The summed E-state index contributed by atoms with van der Waals surface area (Å²) in [5.41, 5.74) is 0. The zero-order valence-electron chi connectivity index (χ0n) is 11.9. The van der Waals surface area contributed by atoms with Crippen LogP contribution in [0.4, 0.5) is 13.2 Å². The van der Waals surface area contributed by atoms with Crippen molar-refractivity contribution in [1.29, 1.82) is 0 Å². The summed E-state index contributed by atoms with van der Waals surface area (Å²) in [5.74, 6) is 0.711. The topological polar surface area (TPSA) is 24.5 Å². The molecule has 0 bridgehead atoms. The second-order valence-corrected chi connectivity index (χ2v) is 5.87. The number of hydrogen-bond donors (Lipinski definition) is 1. The number of halogens is 3. The molecule has 2 unspecified atom stereocenters. The molecule has 2 atom stereocenters. The van der Waals surface area contributed by atoms with Gasteiger partial charge in [-0.2, -0.15) is 13.2 Å². The smallest absolute Gasteiger partial charge is 0.372 e. The minimum absolute atomic E-state index is 0.200. The van der Waals surface area contributed by atoms with Gasteiger partial charge in [-0.15, -0.1) is 0 Å². The first-order chi connectivity index (χ1) is 9.56. The van der Waals surface area contributed by atoms with Gasteiger partial charge in [0.05, 0.1) is 0 Å². The lowest BCUT2D eigenvalue weighted by atomic mass is 9.90. The second-order valence-electron chi connectivity index (χ2n) is 5.87. The summed E-state index contributed by atoms with van der Waals surface area (Å²) in [6, 6.07) is 0.616. The van der Waals surface area contributed by atoms with Gasteiger partial charge in [0.15, 0.2) is 0 Å². The Kier molecular flexibility index (Phi) is 6.11. The quantitative estimate of drug-likeness (QED) is 0.761. The van der Waals surface area contributed by atoms with E-state index in [-0.39, 0.29) is 6.61 Å². The van der Waals surface area contributed by atoms with Gasteiger partial charge in [0.1, 0.15) is 6.61 Å². The third-order valence-corrected chi connectivity index (χ3v) is 4.29. The van der Waals surface area contributed by atoms with Gasteiger partial charge in [-0.05, 0) is 57.7 Å². The van der Waals surface area contributed by atoms with Crippen LogP contribution in [-0.4, -0.2) is 56.5 Å². The van der Waals surface area contributed by atoms with Gasteiger partial charge in [0, 0.05) is 19.2 Å². The molecule has 2 aliphatic heterocycles. The zero-order valence-corrected chi connectivity index (χ0v) is 11.9. The summed E-state index contributed by atoms with van der Waals surface area (Å²) in [7, 11) is 0. The summed E-state index contributed by atoms with van der Waals surface area (Å²) in [4.78, 5) is 2.45. The number of piperidine rings is 1. The van der Waals surface area contributed by atoms with Crippen LogP contribution in [0.3, 0.4) is 0 Å². The molecule has 2 aliphatic rings. The lowest BCUT2D eigenvalue weighted by Crippen LogP contribution is -2.43. The third-order valence-electron chi connectivity index (χ3n) is 4.29. The molecule has 0 aromatic rings. The van der Waals surface area contributed by atoms with Crippen LogP contribution in [0.5, 0.6) is 0 Å². The van der Waals surface area contributed by atoms with E-state index in [1.807, 2.05) is 0 Å². The monoisotopic (exact) mass is 294 g/mol. The molecule has 3 nitrogen and oxygen atoms in total. The summed E-state index contributed by atoms with van der Waals surface area (Å²) in [6.07, 6.45) is 1.44. The molecule has 20 heavy (non-hydrogen) atoms. The van der Waals surface area contributed by atoms with Crippen LogP contribution < -0.4 is 5.32 Å². The molecule has 0 amide bonds. The number of alkyl halides is 3. The molecule has 2 saturated heterocycles. The number of ether oxygens (including phenoxy) is 1. The van der Waals surface area contributed by atoms with Crippen LogP contribution >= 0.6 is 0 Å². The van der Waals surface area contributed by atoms with Crippen LogP contribution in [-0.2, 0) is 4.74 Å². The van der Waals surface area contributed by atoms with Crippen LogP contribution in [0.1, 0.15) is 32.1 Å². The van der Waals surface area contributed by atoms with E-state index in [4.69, 9.17) is 0 Å². The predicted molar refractivity (Wildman–Crippen MR) is 71.7 cm³/mol. The molecule has 0 saturated carbocycles. The van der Waals surface area contributed by atoms with Crippen molar-refractivity contribution in [3.05, 3.63) is 0 Å². The van der Waals surface area contributed by atoms with Crippen LogP contribution in [0.25, 0.3) is 0 Å². The Morgan fingerprint density at radius 2 is 2.05 bits per heavy atom. The molecule has 0 aliphatic carbocycles. The molecule has 1 N–H and O–H groups in total. The average molecular weight is 294 g/mol. The molecule has 0 aromatic heterocycles.